The number of carbonyl (C=O) groups is 1. The number of methoxy groups -OCH3 is 2. The Morgan fingerprint density at radius 3 is 2.63 bits per heavy atom. The van der Waals surface area contributed by atoms with Crippen LogP contribution in [0.5, 0.6) is 11.5 Å². The van der Waals surface area contributed by atoms with Gasteiger partial charge in [-0.3, -0.25) is 0 Å². The average Bonchev–Trinajstić information content (AvgIpc) is 2.73. The molecule has 0 bridgehead atoms. The molecule has 144 valence electrons. The Bertz CT molecular complexity index is 791. The summed E-state index contributed by atoms with van der Waals surface area (Å²) in [6, 6.07) is 14.6. The van der Waals surface area contributed by atoms with E-state index in [-0.39, 0.29) is 6.03 Å². The molecule has 1 aliphatic rings. The molecule has 3 rings (SSSR count). The zero-order valence-corrected chi connectivity index (χ0v) is 16.2. The van der Waals surface area contributed by atoms with E-state index in [1.165, 1.54) is 16.7 Å². The molecule has 0 heterocycles. The second-order valence-electron chi connectivity index (χ2n) is 6.97. The van der Waals surface area contributed by atoms with E-state index in [9.17, 15) is 4.79 Å². The lowest BCUT2D eigenvalue weighted by Gasteiger charge is -2.32. The van der Waals surface area contributed by atoms with Crippen molar-refractivity contribution in [1.82, 2.24) is 10.6 Å². The lowest BCUT2D eigenvalue weighted by molar-refractivity contribution is 0.242. The van der Waals surface area contributed by atoms with E-state index in [1.54, 1.807) is 21.3 Å². The first-order chi connectivity index (χ1) is 13.1. The van der Waals surface area contributed by atoms with Crippen LogP contribution in [-0.4, -0.2) is 33.8 Å². The van der Waals surface area contributed by atoms with Crippen LogP contribution < -0.4 is 20.1 Å². The number of rotatable bonds is 6. The third-order valence-electron chi connectivity index (χ3n) is 5.40. The summed E-state index contributed by atoms with van der Waals surface area (Å²) in [7, 11) is 5.04. The second-order valence-corrected chi connectivity index (χ2v) is 6.97. The molecule has 1 aliphatic carbocycles. The maximum atomic E-state index is 11.5. The van der Waals surface area contributed by atoms with E-state index in [1.807, 2.05) is 12.1 Å². The SMILES string of the molecule is CNC(=O)NCCC1CC(c2cccc(OC)c2)Cc2ccc(OC)cc21. The largest absolute Gasteiger partial charge is 0.497 e. The number of fused-ring (bicyclic) bond motifs is 1. The summed E-state index contributed by atoms with van der Waals surface area (Å²) in [6.45, 7) is 0.645. The fraction of sp³-hybridized carbons (Fsp3) is 0.409. The number of benzene rings is 2. The van der Waals surface area contributed by atoms with E-state index in [4.69, 9.17) is 9.47 Å². The van der Waals surface area contributed by atoms with Gasteiger partial charge in [-0.15, -0.1) is 0 Å². The van der Waals surface area contributed by atoms with Crippen LogP contribution in [0.15, 0.2) is 42.5 Å². The molecule has 0 radical (unpaired) electrons. The summed E-state index contributed by atoms with van der Waals surface area (Å²) >= 11 is 0. The quantitative estimate of drug-likeness (QED) is 0.814. The molecule has 0 fully saturated rings. The Kier molecular flexibility index (Phi) is 6.22. The number of hydrogen-bond donors (Lipinski definition) is 2. The monoisotopic (exact) mass is 368 g/mol. The smallest absolute Gasteiger partial charge is 0.314 e. The zero-order valence-electron chi connectivity index (χ0n) is 16.2. The molecule has 5 heteroatoms. The Morgan fingerprint density at radius 2 is 1.89 bits per heavy atom. The standard InChI is InChI=1S/C22H28N2O3/c1-23-22(25)24-10-9-17-12-18(15-5-4-6-19(13-15)26-2)11-16-7-8-20(27-3)14-21(16)17/h4-8,13-14,17-18H,9-12H2,1-3H3,(H2,23,24,25). The van der Waals surface area contributed by atoms with E-state index in [0.29, 0.717) is 18.4 Å². The van der Waals surface area contributed by atoms with Gasteiger partial charge in [-0.1, -0.05) is 18.2 Å². The molecule has 0 saturated heterocycles. The summed E-state index contributed by atoms with van der Waals surface area (Å²) in [5, 5.41) is 5.51. The van der Waals surface area contributed by atoms with Crippen LogP contribution >= 0.6 is 0 Å². The third kappa shape index (κ3) is 4.54. The predicted molar refractivity (Wildman–Crippen MR) is 107 cm³/mol. The van der Waals surface area contributed by atoms with Crippen molar-refractivity contribution in [2.75, 3.05) is 27.8 Å². The van der Waals surface area contributed by atoms with Gasteiger partial charge < -0.3 is 20.1 Å². The summed E-state index contributed by atoms with van der Waals surface area (Å²) in [6.07, 6.45) is 2.95. The zero-order chi connectivity index (χ0) is 19.2. The maximum Gasteiger partial charge on any atom is 0.314 e. The molecule has 0 aliphatic heterocycles. The molecule has 2 atom stereocenters. The highest BCUT2D eigenvalue weighted by Crippen LogP contribution is 2.43. The first kappa shape index (κ1) is 19.1. The second kappa shape index (κ2) is 8.80. The number of carbonyl (C=O) groups excluding carboxylic acids is 1. The molecular formula is C22H28N2O3. The number of nitrogens with one attached hydrogen (secondary N) is 2. The van der Waals surface area contributed by atoms with Gasteiger partial charge in [-0.25, -0.2) is 4.79 Å². The van der Waals surface area contributed by atoms with Crippen LogP contribution in [0.3, 0.4) is 0 Å². The van der Waals surface area contributed by atoms with Crippen LogP contribution in [0.1, 0.15) is 41.4 Å². The minimum absolute atomic E-state index is 0.138. The van der Waals surface area contributed by atoms with E-state index >= 15 is 0 Å². The maximum absolute atomic E-state index is 11.5. The number of urea groups is 1. The lowest BCUT2D eigenvalue weighted by Crippen LogP contribution is -2.34. The summed E-state index contributed by atoms with van der Waals surface area (Å²) in [4.78, 5) is 11.5. The molecule has 0 saturated carbocycles. The van der Waals surface area contributed by atoms with Crippen LogP contribution in [0.2, 0.25) is 0 Å². The highest BCUT2D eigenvalue weighted by atomic mass is 16.5. The average molecular weight is 368 g/mol. The van der Waals surface area contributed by atoms with Gasteiger partial charge in [0.2, 0.25) is 0 Å². The van der Waals surface area contributed by atoms with Crippen LogP contribution in [0.4, 0.5) is 4.79 Å². The fourth-order valence-electron chi connectivity index (χ4n) is 3.96. The summed E-state index contributed by atoms with van der Waals surface area (Å²) in [5.74, 6) is 2.59. The minimum Gasteiger partial charge on any atom is -0.497 e. The normalized spacial score (nSPS) is 18.3. The summed E-state index contributed by atoms with van der Waals surface area (Å²) in [5.41, 5.74) is 4.01. The van der Waals surface area contributed by atoms with Crippen LogP contribution in [0, 0.1) is 0 Å². The highest BCUT2D eigenvalue weighted by molar-refractivity contribution is 5.73. The van der Waals surface area contributed by atoms with Gasteiger partial charge in [0.15, 0.2) is 0 Å². The van der Waals surface area contributed by atoms with Gasteiger partial charge in [-0.05, 0) is 72.1 Å². The Balaban J connectivity index is 1.84. The Morgan fingerprint density at radius 1 is 1.11 bits per heavy atom. The van der Waals surface area contributed by atoms with Gasteiger partial charge in [0.25, 0.3) is 0 Å². The first-order valence-electron chi connectivity index (χ1n) is 9.41. The van der Waals surface area contributed by atoms with Crippen molar-refractivity contribution in [2.24, 2.45) is 0 Å². The molecule has 0 spiro atoms. The predicted octanol–water partition coefficient (Wildman–Crippen LogP) is 3.84. The Hall–Kier alpha value is -2.69. The molecule has 2 amide bonds. The van der Waals surface area contributed by atoms with Crippen molar-refractivity contribution in [3.8, 4) is 11.5 Å². The van der Waals surface area contributed by atoms with Crippen molar-refractivity contribution >= 4 is 6.03 Å². The van der Waals surface area contributed by atoms with Gasteiger partial charge >= 0.3 is 6.03 Å². The Labute approximate surface area is 161 Å². The number of ether oxygens (including phenoxy) is 2. The van der Waals surface area contributed by atoms with Crippen LogP contribution in [-0.2, 0) is 6.42 Å². The number of amides is 2. The van der Waals surface area contributed by atoms with Crippen molar-refractivity contribution in [3.05, 3.63) is 59.2 Å². The van der Waals surface area contributed by atoms with Crippen molar-refractivity contribution in [1.29, 1.82) is 0 Å². The molecular weight excluding hydrogens is 340 g/mol. The fourth-order valence-corrected chi connectivity index (χ4v) is 3.96. The van der Waals surface area contributed by atoms with Gasteiger partial charge in [-0.2, -0.15) is 0 Å². The van der Waals surface area contributed by atoms with Gasteiger partial charge in [0.05, 0.1) is 14.2 Å². The first-order valence-corrected chi connectivity index (χ1v) is 9.41. The topological polar surface area (TPSA) is 59.6 Å². The highest BCUT2D eigenvalue weighted by Gasteiger charge is 2.28. The van der Waals surface area contributed by atoms with E-state index in [0.717, 1.165) is 30.8 Å². The molecule has 2 unspecified atom stereocenters. The minimum atomic E-state index is -0.138. The number of hydrogen-bond acceptors (Lipinski definition) is 3. The summed E-state index contributed by atoms with van der Waals surface area (Å²) < 4.78 is 10.8. The van der Waals surface area contributed by atoms with Crippen LogP contribution in [0.25, 0.3) is 0 Å². The van der Waals surface area contributed by atoms with Crippen molar-refractivity contribution < 1.29 is 14.3 Å². The van der Waals surface area contributed by atoms with Crippen molar-refractivity contribution in [3.63, 3.8) is 0 Å². The lowest BCUT2D eigenvalue weighted by atomic mass is 9.73. The molecule has 27 heavy (non-hydrogen) atoms. The molecule has 0 aromatic heterocycles. The molecule has 2 N–H and O–H groups in total. The molecule has 2 aromatic carbocycles. The third-order valence-corrected chi connectivity index (χ3v) is 5.40. The van der Waals surface area contributed by atoms with E-state index in [2.05, 4.69) is 41.0 Å². The van der Waals surface area contributed by atoms with E-state index < -0.39 is 0 Å². The molecule has 5 nitrogen and oxygen atoms in total. The molecule has 2 aromatic rings. The van der Waals surface area contributed by atoms with Gasteiger partial charge in [0.1, 0.15) is 11.5 Å². The van der Waals surface area contributed by atoms with Crippen molar-refractivity contribution in [2.45, 2.75) is 31.1 Å². The van der Waals surface area contributed by atoms with Gasteiger partial charge in [0, 0.05) is 13.6 Å².